The SMILES string of the molecule is CCC(C)CC(N)c1ccc(F)cn1. The van der Waals surface area contributed by atoms with Crippen LogP contribution < -0.4 is 5.73 Å². The molecule has 3 heteroatoms. The molecule has 0 saturated carbocycles. The molecule has 2 N–H and O–H groups in total. The lowest BCUT2D eigenvalue weighted by molar-refractivity contribution is 0.455. The number of pyridine rings is 1. The highest BCUT2D eigenvalue weighted by molar-refractivity contribution is 5.09. The highest BCUT2D eigenvalue weighted by Gasteiger charge is 2.10. The van der Waals surface area contributed by atoms with Crippen LogP contribution >= 0.6 is 0 Å². The molecule has 2 unspecified atom stereocenters. The standard InChI is InChI=1S/C11H17FN2/c1-3-8(2)6-10(13)11-5-4-9(12)7-14-11/h4-5,7-8,10H,3,6,13H2,1-2H3. The van der Waals surface area contributed by atoms with Crippen molar-refractivity contribution >= 4 is 0 Å². The van der Waals surface area contributed by atoms with Gasteiger partial charge in [0.25, 0.3) is 0 Å². The maximum Gasteiger partial charge on any atom is 0.141 e. The van der Waals surface area contributed by atoms with Gasteiger partial charge in [0.2, 0.25) is 0 Å². The van der Waals surface area contributed by atoms with Gasteiger partial charge in [-0.05, 0) is 24.5 Å². The third-order valence-corrected chi connectivity index (χ3v) is 2.48. The average molecular weight is 196 g/mol. The molecule has 0 amide bonds. The Kier molecular flexibility index (Phi) is 4.01. The van der Waals surface area contributed by atoms with Gasteiger partial charge in [0.05, 0.1) is 11.9 Å². The molecule has 78 valence electrons. The molecular formula is C11H17FN2. The highest BCUT2D eigenvalue weighted by Crippen LogP contribution is 2.18. The van der Waals surface area contributed by atoms with E-state index in [1.165, 1.54) is 12.3 Å². The van der Waals surface area contributed by atoms with Gasteiger partial charge in [-0.25, -0.2) is 4.39 Å². The summed E-state index contributed by atoms with van der Waals surface area (Å²) in [5.74, 6) is 0.265. The molecule has 2 atom stereocenters. The van der Waals surface area contributed by atoms with E-state index in [0.29, 0.717) is 5.92 Å². The van der Waals surface area contributed by atoms with Crippen molar-refractivity contribution in [2.24, 2.45) is 11.7 Å². The molecule has 0 spiro atoms. The zero-order valence-corrected chi connectivity index (χ0v) is 8.70. The minimum Gasteiger partial charge on any atom is -0.323 e. The molecule has 0 aliphatic rings. The summed E-state index contributed by atoms with van der Waals surface area (Å²) >= 11 is 0. The Hall–Kier alpha value is -0.960. The van der Waals surface area contributed by atoms with E-state index in [4.69, 9.17) is 5.73 Å². The minimum absolute atomic E-state index is 0.0782. The number of halogens is 1. The Balaban J connectivity index is 2.60. The molecule has 1 rings (SSSR count). The molecule has 0 aliphatic carbocycles. The van der Waals surface area contributed by atoms with Crippen LogP contribution in [-0.2, 0) is 0 Å². The van der Waals surface area contributed by atoms with E-state index < -0.39 is 0 Å². The van der Waals surface area contributed by atoms with E-state index in [0.717, 1.165) is 18.5 Å². The van der Waals surface area contributed by atoms with Crippen LogP contribution in [0.3, 0.4) is 0 Å². The van der Waals surface area contributed by atoms with E-state index in [9.17, 15) is 4.39 Å². The smallest absolute Gasteiger partial charge is 0.141 e. The summed E-state index contributed by atoms with van der Waals surface area (Å²) in [7, 11) is 0. The van der Waals surface area contributed by atoms with Crippen molar-refractivity contribution in [3.63, 3.8) is 0 Å². The predicted molar refractivity (Wildman–Crippen MR) is 55.2 cm³/mol. The molecule has 0 fully saturated rings. The first-order valence-corrected chi connectivity index (χ1v) is 5.00. The second-order valence-electron chi connectivity index (χ2n) is 3.76. The van der Waals surface area contributed by atoms with Crippen LogP contribution in [0.5, 0.6) is 0 Å². The third kappa shape index (κ3) is 3.07. The van der Waals surface area contributed by atoms with Gasteiger partial charge in [-0.3, -0.25) is 4.98 Å². The van der Waals surface area contributed by atoms with Gasteiger partial charge in [0.1, 0.15) is 5.82 Å². The molecule has 1 heterocycles. The summed E-state index contributed by atoms with van der Waals surface area (Å²) in [6, 6.07) is 2.98. The Morgan fingerprint density at radius 3 is 2.71 bits per heavy atom. The van der Waals surface area contributed by atoms with Crippen LogP contribution in [-0.4, -0.2) is 4.98 Å². The maximum absolute atomic E-state index is 12.6. The lowest BCUT2D eigenvalue weighted by Gasteiger charge is -2.15. The molecule has 2 nitrogen and oxygen atoms in total. The van der Waals surface area contributed by atoms with Gasteiger partial charge in [-0.15, -0.1) is 0 Å². The Morgan fingerprint density at radius 1 is 1.50 bits per heavy atom. The lowest BCUT2D eigenvalue weighted by atomic mass is 9.98. The average Bonchev–Trinajstić information content (AvgIpc) is 2.18. The van der Waals surface area contributed by atoms with Crippen molar-refractivity contribution in [2.75, 3.05) is 0 Å². The summed E-state index contributed by atoms with van der Waals surface area (Å²) in [5.41, 5.74) is 6.71. The first-order chi connectivity index (χ1) is 6.63. The largest absolute Gasteiger partial charge is 0.323 e. The normalized spacial score (nSPS) is 15.1. The quantitative estimate of drug-likeness (QED) is 0.804. The van der Waals surface area contributed by atoms with Crippen molar-refractivity contribution in [3.05, 3.63) is 29.8 Å². The van der Waals surface area contributed by atoms with Gasteiger partial charge >= 0.3 is 0 Å². The summed E-state index contributed by atoms with van der Waals surface area (Å²) in [4.78, 5) is 3.97. The first kappa shape index (κ1) is 11.1. The van der Waals surface area contributed by atoms with E-state index in [1.807, 2.05) is 0 Å². The monoisotopic (exact) mass is 196 g/mol. The van der Waals surface area contributed by atoms with Crippen LogP contribution in [0.25, 0.3) is 0 Å². The number of hydrogen-bond donors (Lipinski definition) is 1. The first-order valence-electron chi connectivity index (χ1n) is 5.00. The molecule has 0 aliphatic heterocycles. The molecule has 0 saturated heterocycles. The summed E-state index contributed by atoms with van der Waals surface area (Å²) in [5, 5.41) is 0. The molecule has 1 aromatic heterocycles. The van der Waals surface area contributed by atoms with E-state index >= 15 is 0 Å². The van der Waals surface area contributed by atoms with Crippen molar-refractivity contribution < 1.29 is 4.39 Å². The van der Waals surface area contributed by atoms with Gasteiger partial charge in [-0.2, -0.15) is 0 Å². The predicted octanol–water partition coefficient (Wildman–Crippen LogP) is 2.66. The third-order valence-electron chi connectivity index (χ3n) is 2.48. The molecule has 14 heavy (non-hydrogen) atoms. The van der Waals surface area contributed by atoms with Crippen LogP contribution in [0.1, 0.15) is 38.4 Å². The fourth-order valence-electron chi connectivity index (χ4n) is 1.33. The van der Waals surface area contributed by atoms with Crippen molar-refractivity contribution in [1.29, 1.82) is 0 Å². The second-order valence-corrected chi connectivity index (χ2v) is 3.76. The number of aromatic nitrogens is 1. The van der Waals surface area contributed by atoms with Gasteiger partial charge in [0.15, 0.2) is 0 Å². The lowest BCUT2D eigenvalue weighted by Crippen LogP contribution is -2.15. The van der Waals surface area contributed by atoms with Crippen LogP contribution in [0.2, 0.25) is 0 Å². The molecule has 0 bridgehead atoms. The van der Waals surface area contributed by atoms with Crippen molar-refractivity contribution in [3.8, 4) is 0 Å². The zero-order chi connectivity index (χ0) is 10.6. The molecule has 1 aromatic rings. The van der Waals surface area contributed by atoms with Crippen LogP contribution in [0.4, 0.5) is 4.39 Å². The molecular weight excluding hydrogens is 179 g/mol. The Labute approximate surface area is 84.3 Å². The fourth-order valence-corrected chi connectivity index (χ4v) is 1.33. The number of hydrogen-bond acceptors (Lipinski definition) is 2. The highest BCUT2D eigenvalue weighted by atomic mass is 19.1. The topological polar surface area (TPSA) is 38.9 Å². The fraction of sp³-hybridized carbons (Fsp3) is 0.545. The molecule has 0 radical (unpaired) electrons. The maximum atomic E-state index is 12.6. The zero-order valence-electron chi connectivity index (χ0n) is 8.70. The van der Waals surface area contributed by atoms with Crippen molar-refractivity contribution in [2.45, 2.75) is 32.7 Å². The number of nitrogens with two attached hydrogens (primary N) is 1. The van der Waals surface area contributed by atoms with E-state index in [-0.39, 0.29) is 11.9 Å². The summed E-state index contributed by atoms with van der Waals surface area (Å²) in [6.07, 6.45) is 3.22. The number of nitrogens with zero attached hydrogens (tertiary/aromatic N) is 1. The number of rotatable bonds is 4. The summed E-state index contributed by atoms with van der Waals surface area (Å²) < 4.78 is 12.6. The van der Waals surface area contributed by atoms with Crippen molar-refractivity contribution in [1.82, 2.24) is 4.98 Å². The minimum atomic E-state index is -0.315. The summed E-state index contributed by atoms with van der Waals surface area (Å²) in [6.45, 7) is 4.29. The van der Waals surface area contributed by atoms with E-state index in [1.54, 1.807) is 6.07 Å². The Morgan fingerprint density at radius 2 is 2.21 bits per heavy atom. The van der Waals surface area contributed by atoms with Crippen LogP contribution in [0.15, 0.2) is 18.3 Å². The second kappa shape index (κ2) is 5.05. The van der Waals surface area contributed by atoms with E-state index in [2.05, 4.69) is 18.8 Å². The van der Waals surface area contributed by atoms with Gasteiger partial charge < -0.3 is 5.73 Å². The van der Waals surface area contributed by atoms with Crippen LogP contribution in [0, 0.1) is 11.7 Å². The van der Waals surface area contributed by atoms with Gasteiger partial charge in [0, 0.05) is 6.04 Å². The molecule has 0 aromatic carbocycles. The van der Waals surface area contributed by atoms with Gasteiger partial charge in [-0.1, -0.05) is 20.3 Å². The Bertz CT molecular complexity index is 271.